The molecule has 0 spiro atoms. The minimum absolute atomic E-state index is 0.0942. The highest BCUT2D eigenvalue weighted by atomic mass is 32.1. The summed E-state index contributed by atoms with van der Waals surface area (Å²) < 4.78 is 5.19. The quantitative estimate of drug-likeness (QED) is 0.642. The normalized spacial score (nSPS) is 18.3. The summed E-state index contributed by atoms with van der Waals surface area (Å²) in [5.74, 6) is 0.624. The third-order valence-electron chi connectivity index (χ3n) is 2.26. The number of hydrogen-bond acceptors (Lipinski definition) is 3. The van der Waals surface area contributed by atoms with Gasteiger partial charge in [0.1, 0.15) is 11.5 Å². The lowest BCUT2D eigenvalue weighted by atomic mass is 10.3. The Labute approximate surface area is 98.9 Å². The van der Waals surface area contributed by atoms with Gasteiger partial charge in [0.25, 0.3) is 5.91 Å². The summed E-state index contributed by atoms with van der Waals surface area (Å²) in [5.41, 5.74) is 0.555. The van der Waals surface area contributed by atoms with Gasteiger partial charge in [-0.3, -0.25) is 9.69 Å². The second kappa shape index (κ2) is 4.49. The van der Waals surface area contributed by atoms with E-state index in [0.29, 0.717) is 17.4 Å². The molecule has 2 heterocycles. The van der Waals surface area contributed by atoms with Crippen molar-refractivity contribution in [2.45, 2.75) is 19.9 Å². The number of thiocarbonyl (C=S) groups is 1. The number of rotatable bonds is 3. The minimum atomic E-state index is -0.0942. The molecule has 0 bridgehead atoms. The van der Waals surface area contributed by atoms with Crippen LogP contribution >= 0.6 is 12.2 Å². The molecule has 1 aromatic rings. The van der Waals surface area contributed by atoms with Crippen molar-refractivity contribution in [1.82, 2.24) is 10.2 Å². The zero-order chi connectivity index (χ0) is 11.5. The molecule has 1 fully saturated rings. The molecule has 84 valence electrons. The maximum Gasteiger partial charge on any atom is 0.276 e. The Balaban J connectivity index is 2.14. The Morgan fingerprint density at radius 1 is 1.62 bits per heavy atom. The van der Waals surface area contributed by atoms with E-state index in [-0.39, 0.29) is 5.91 Å². The van der Waals surface area contributed by atoms with E-state index < -0.39 is 0 Å². The van der Waals surface area contributed by atoms with E-state index in [0.717, 1.165) is 12.2 Å². The molecule has 0 unspecified atom stereocenters. The van der Waals surface area contributed by atoms with Crippen molar-refractivity contribution in [3.05, 3.63) is 35.9 Å². The van der Waals surface area contributed by atoms with Gasteiger partial charge in [0.2, 0.25) is 0 Å². The van der Waals surface area contributed by atoms with E-state index in [4.69, 9.17) is 16.6 Å². The Hall–Kier alpha value is -1.62. The van der Waals surface area contributed by atoms with Crippen LogP contribution in [0.5, 0.6) is 0 Å². The summed E-state index contributed by atoms with van der Waals surface area (Å²) in [6.45, 7) is 2.35. The van der Waals surface area contributed by atoms with Crippen LogP contribution in [0.2, 0.25) is 0 Å². The summed E-state index contributed by atoms with van der Waals surface area (Å²) in [7, 11) is 0. The number of allylic oxidation sites excluding steroid dienone is 1. The molecule has 5 heteroatoms. The van der Waals surface area contributed by atoms with Gasteiger partial charge in [0, 0.05) is 0 Å². The SMILES string of the molecule is CC/C=C1/NC(=S)N(Cc2ccco2)C1=O. The average Bonchev–Trinajstić information content (AvgIpc) is 2.84. The third-order valence-corrected chi connectivity index (χ3v) is 2.59. The molecule has 0 saturated carbocycles. The second-order valence-corrected chi connectivity index (χ2v) is 3.81. The molecular formula is C11H12N2O2S. The highest BCUT2D eigenvalue weighted by Crippen LogP contribution is 2.14. The van der Waals surface area contributed by atoms with Crippen molar-refractivity contribution in [2.75, 3.05) is 0 Å². The van der Waals surface area contributed by atoms with Gasteiger partial charge in [-0.05, 0) is 30.8 Å². The monoisotopic (exact) mass is 236 g/mol. The highest BCUT2D eigenvalue weighted by Gasteiger charge is 2.30. The molecule has 1 amide bonds. The van der Waals surface area contributed by atoms with Gasteiger partial charge >= 0.3 is 0 Å². The van der Waals surface area contributed by atoms with Crippen LogP contribution in [-0.2, 0) is 11.3 Å². The van der Waals surface area contributed by atoms with E-state index in [9.17, 15) is 4.79 Å². The molecule has 1 aliphatic heterocycles. The molecule has 0 radical (unpaired) electrons. The van der Waals surface area contributed by atoms with Crippen LogP contribution in [0.1, 0.15) is 19.1 Å². The van der Waals surface area contributed by atoms with E-state index in [2.05, 4.69) is 5.32 Å². The summed E-state index contributed by atoms with van der Waals surface area (Å²) >= 11 is 5.09. The fourth-order valence-corrected chi connectivity index (χ4v) is 1.78. The standard InChI is InChI=1S/C11H12N2O2S/c1-2-4-9-10(14)13(11(16)12-9)7-8-5-3-6-15-8/h3-6H,2,7H2,1H3,(H,12,16)/b9-4+. The number of carbonyl (C=O) groups is 1. The van der Waals surface area contributed by atoms with Crippen molar-refractivity contribution in [3.8, 4) is 0 Å². The summed E-state index contributed by atoms with van der Waals surface area (Å²) in [6.07, 6.45) is 4.21. The fourth-order valence-electron chi connectivity index (χ4n) is 1.52. The highest BCUT2D eigenvalue weighted by molar-refractivity contribution is 7.80. The van der Waals surface area contributed by atoms with Crippen molar-refractivity contribution < 1.29 is 9.21 Å². The fraction of sp³-hybridized carbons (Fsp3) is 0.273. The van der Waals surface area contributed by atoms with Gasteiger partial charge in [0.15, 0.2) is 5.11 Å². The van der Waals surface area contributed by atoms with Crippen molar-refractivity contribution in [1.29, 1.82) is 0 Å². The number of nitrogens with zero attached hydrogens (tertiary/aromatic N) is 1. The molecule has 1 saturated heterocycles. The Morgan fingerprint density at radius 3 is 3.06 bits per heavy atom. The molecule has 4 nitrogen and oxygen atoms in total. The van der Waals surface area contributed by atoms with Crippen LogP contribution in [0.3, 0.4) is 0 Å². The Bertz CT molecular complexity index is 437. The predicted molar refractivity (Wildman–Crippen MR) is 63.4 cm³/mol. The first-order chi connectivity index (χ1) is 7.72. The number of amides is 1. The Kier molecular flexibility index (Phi) is 3.05. The predicted octanol–water partition coefficient (Wildman–Crippen LogP) is 1.79. The molecule has 0 aliphatic carbocycles. The number of nitrogens with one attached hydrogen (secondary N) is 1. The lowest BCUT2D eigenvalue weighted by Crippen LogP contribution is -2.29. The molecular weight excluding hydrogens is 224 g/mol. The van der Waals surface area contributed by atoms with E-state index in [1.807, 2.05) is 19.1 Å². The summed E-state index contributed by atoms with van der Waals surface area (Å²) in [4.78, 5) is 13.4. The first-order valence-corrected chi connectivity index (χ1v) is 5.48. The Morgan fingerprint density at radius 2 is 2.44 bits per heavy atom. The maximum atomic E-state index is 11.9. The van der Waals surface area contributed by atoms with Crippen LogP contribution < -0.4 is 5.32 Å². The van der Waals surface area contributed by atoms with Gasteiger partial charge < -0.3 is 9.73 Å². The maximum absolute atomic E-state index is 11.9. The van der Waals surface area contributed by atoms with Crippen LogP contribution in [0, 0.1) is 0 Å². The van der Waals surface area contributed by atoms with E-state index >= 15 is 0 Å². The molecule has 0 atom stereocenters. The van der Waals surface area contributed by atoms with Gasteiger partial charge in [-0.1, -0.05) is 13.0 Å². The van der Waals surface area contributed by atoms with Crippen molar-refractivity contribution >= 4 is 23.2 Å². The number of furan rings is 1. The topological polar surface area (TPSA) is 45.5 Å². The first kappa shape index (κ1) is 10.9. The van der Waals surface area contributed by atoms with Crippen molar-refractivity contribution in [2.24, 2.45) is 0 Å². The molecule has 16 heavy (non-hydrogen) atoms. The van der Waals surface area contributed by atoms with E-state index in [1.165, 1.54) is 4.90 Å². The van der Waals surface area contributed by atoms with Crippen LogP contribution in [0.4, 0.5) is 0 Å². The third kappa shape index (κ3) is 1.99. The lowest BCUT2D eigenvalue weighted by molar-refractivity contribution is -0.123. The van der Waals surface area contributed by atoms with Crippen LogP contribution in [0.15, 0.2) is 34.6 Å². The van der Waals surface area contributed by atoms with E-state index in [1.54, 1.807) is 12.3 Å². The second-order valence-electron chi connectivity index (χ2n) is 3.43. The smallest absolute Gasteiger partial charge is 0.276 e. The zero-order valence-corrected chi connectivity index (χ0v) is 9.71. The molecule has 2 rings (SSSR count). The van der Waals surface area contributed by atoms with Gasteiger partial charge in [-0.2, -0.15) is 0 Å². The van der Waals surface area contributed by atoms with Gasteiger partial charge in [-0.15, -0.1) is 0 Å². The van der Waals surface area contributed by atoms with Crippen LogP contribution in [0.25, 0.3) is 0 Å². The zero-order valence-electron chi connectivity index (χ0n) is 8.90. The molecule has 0 aromatic carbocycles. The van der Waals surface area contributed by atoms with Crippen LogP contribution in [-0.4, -0.2) is 15.9 Å². The van der Waals surface area contributed by atoms with Crippen molar-refractivity contribution in [3.63, 3.8) is 0 Å². The first-order valence-electron chi connectivity index (χ1n) is 5.07. The molecule has 1 N–H and O–H groups in total. The number of hydrogen-bond donors (Lipinski definition) is 1. The molecule has 1 aliphatic rings. The number of carbonyl (C=O) groups excluding carboxylic acids is 1. The van der Waals surface area contributed by atoms with Gasteiger partial charge in [-0.25, -0.2) is 0 Å². The van der Waals surface area contributed by atoms with Gasteiger partial charge in [0.05, 0.1) is 12.8 Å². The average molecular weight is 236 g/mol. The largest absolute Gasteiger partial charge is 0.467 e. The summed E-state index contributed by atoms with van der Waals surface area (Å²) in [6, 6.07) is 3.60. The molecule has 1 aromatic heterocycles. The lowest BCUT2D eigenvalue weighted by Gasteiger charge is -2.11. The minimum Gasteiger partial charge on any atom is -0.467 e. The summed E-state index contributed by atoms with van der Waals surface area (Å²) in [5, 5.41) is 3.33.